The molecule has 1 aromatic rings. The number of hydrogen-bond donors (Lipinski definition) is 0. The molecule has 2 rings (SSSR count). The van der Waals surface area contributed by atoms with Gasteiger partial charge in [-0.25, -0.2) is 4.39 Å². The zero-order chi connectivity index (χ0) is 13.8. The second-order valence-electron chi connectivity index (χ2n) is 5.74. The Morgan fingerprint density at radius 2 is 1.95 bits per heavy atom. The first kappa shape index (κ1) is 14.0. The molecule has 0 bridgehead atoms. The van der Waals surface area contributed by atoms with Crippen LogP contribution in [-0.2, 0) is 11.3 Å². The number of rotatable bonds is 3. The van der Waals surface area contributed by atoms with E-state index in [1.54, 1.807) is 12.1 Å². The van der Waals surface area contributed by atoms with Crippen molar-refractivity contribution in [2.24, 2.45) is 11.8 Å². The van der Waals surface area contributed by atoms with E-state index >= 15 is 0 Å². The van der Waals surface area contributed by atoms with Crippen LogP contribution in [0.3, 0.4) is 0 Å². The third-order valence-corrected chi connectivity index (χ3v) is 3.81. The largest absolute Gasteiger partial charge is 0.373 e. The van der Waals surface area contributed by atoms with E-state index in [0.717, 1.165) is 12.8 Å². The summed E-state index contributed by atoms with van der Waals surface area (Å²) in [5, 5.41) is 8.80. The van der Waals surface area contributed by atoms with Gasteiger partial charge in [0.15, 0.2) is 0 Å². The van der Waals surface area contributed by atoms with Crippen LogP contribution in [0.4, 0.5) is 4.39 Å². The van der Waals surface area contributed by atoms with Crippen LogP contribution < -0.4 is 0 Å². The summed E-state index contributed by atoms with van der Waals surface area (Å²) in [7, 11) is 0. The molecule has 102 valence electrons. The minimum Gasteiger partial charge on any atom is -0.373 e. The number of hydrogen-bond acceptors (Lipinski definition) is 2. The molecular weight excluding hydrogens is 241 g/mol. The number of nitrogens with zero attached hydrogens (tertiary/aromatic N) is 1. The van der Waals surface area contributed by atoms with Gasteiger partial charge in [0.25, 0.3) is 0 Å². The van der Waals surface area contributed by atoms with Crippen molar-refractivity contribution >= 4 is 0 Å². The fourth-order valence-electron chi connectivity index (χ4n) is 2.99. The van der Waals surface area contributed by atoms with Gasteiger partial charge in [0.1, 0.15) is 11.9 Å². The minimum absolute atomic E-state index is 0.0893. The van der Waals surface area contributed by atoms with Crippen LogP contribution in [0.2, 0.25) is 0 Å². The number of benzene rings is 1. The molecule has 1 aliphatic carbocycles. The minimum atomic E-state index is -0.443. The van der Waals surface area contributed by atoms with Crippen molar-refractivity contribution in [3.63, 3.8) is 0 Å². The van der Waals surface area contributed by atoms with Gasteiger partial charge in [-0.15, -0.1) is 0 Å². The monoisotopic (exact) mass is 261 g/mol. The molecule has 2 atom stereocenters. The first-order valence-corrected chi connectivity index (χ1v) is 6.89. The van der Waals surface area contributed by atoms with Gasteiger partial charge in [0, 0.05) is 5.56 Å². The van der Waals surface area contributed by atoms with Crippen LogP contribution in [0.5, 0.6) is 0 Å². The number of nitriles is 1. The molecule has 0 radical (unpaired) electrons. The molecule has 3 heteroatoms. The molecule has 19 heavy (non-hydrogen) atoms. The Morgan fingerprint density at radius 3 is 2.58 bits per heavy atom. The van der Waals surface area contributed by atoms with Gasteiger partial charge >= 0.3 is 0 Å². The molecule has 0 spiro atoms. The van der Waals surface area contributed by atoms with E-state index in [-0.39, 0.29) is 18.3 Å². The first-order chi connectivity index (χ1) is 9.10. The van der Waals surface area contributed by atoms with E-state index in [1.807, 2.05) is 6.07 Å². The summed E-state index contributed by atoms with van der Waals surface area (Å²) in [6.07, 6.45) is 3.55. The summed E-state index contributed by atoms with van der Waals surface area (Å²) >= 11 is 0. The molecule has 1 saturated carbocycles. The Hall–Kier alpha value is -1.40. The van der Waals surface area contributed by atoms with E-state index in [1.165, 1.54) is 12.5 Å². The molecule has 1 aliphatic rings. The Balaban J connectivity index is 1.97. The van der Waals surface area contributed by atoms with E-state index in [9.17, 15) is 4.39 Å². The quantitative estimate of drug-likeness (QED) is 0.822. The zero-order valence-electron chi connectivity index (χ0n) is 11.5. The summed E-state index contributed by atoms with van der Waals surface area (Å²) in [6.45, 7) is 4.73. The maximum atomic E-state index is 13.9. The molecule has 2 nitrogen and oxygen atoms in total. The third-order valence-electron chi connectivity index (χ3n) is 3.81. The van der Waals surface area contributed by atoms with Gasteiger partial charge in [-0.05, 0) is 37.2 Å². The van der Waals surface area contributed by atoms with Crippen molar-refractivity contribution in [2.45, 2.75) is 45.8 Å². The molecular formula is C16H20FNO. The Morgan fingerprint density at radius 1 is 1.26 bits per heavy atom. The molecule has 0 amide bonds. The summed E-state index contributed by atoms with van der Waals surface area (Å²) in [6, 6.07) is 6.73. The molecule has 0 N–H and O–H groups in total. The summed E-state index contributed by atoms with van der Waals surface area (Å²) < 4.78 is 19.7. The average molecular weight is 261 g/mol. The number of halogens is 1. The molecule has 1 aromatic carbocycles. The fourth-order valence-corrected chi connectivity index (χ4v) is 2.99. The maximum absolute atomic E-state index is 13.9. The van der Waals surface area contributed by atoms with Crippen LogP contribution in [0.1, 0.15) is 44.2 Å². The third kappa shape index (κ3) is 3.54. The van der Waals surface area contributed by atoms with Gasteiger partial charge in [0.05, 0.1) is 18.3 Å². The fraction of sp³-hybridized carbons (Fsp3) is 0.562. The highest BCUT2D eigenvalue weighted by molar-refractivity contribution is 5.34. The van der Waals surface area contributed by atoms with Crippen molar-refractivity contribution in [2.75, 3.05) is 0 Å². The highest BCUT2D eigenvalue weighted by atomic mass is 19.1. The van der Waals surface area contributed by atoms with E-state index < -0.39 is 5.82 Å². The SMILES string of the molecule is CC1CC(C)CC(OCc2cccc(C#N)c2F)C1. The lowest BCUT2D eigenvalue weighted by atomic mass is 9.82. The molecule has 0 aromatic heterocycles. The zero-order valence-corrected chi connectivity index (χ0v) is 11.5. The highest BCUT2D eigenvalue weighted by Gasteiger charge is 2.24. The Kier molecular flexibility index (Phi) is 4.55. The lowest BCUT2D eigenvalue weighted by Gasteiger charge is -2.31. The lowest BCUT2D eigenvalue weighted by molar-refractivity contribution is -0.0102. The van der Waals surface area contributed by atoms with E-state index in [0.29, 0.717) is 17.4 Å². The van der Waals surface area contributed by atoms with Crippen LogP contribution in [-0.4, -0.2) is 6.10 Å². The normalized spacial score (nSPS) is 26.9. The molecule has 0 heterocycles. The predicted octanol–water partition coefficient (Wildman–Crippen LogP) is 4.04. The van der Waals surface area contributed by atoms with Gasteiger partial charge in [-0.1, -0.05) is 26.0 Å². The Bertz CT molecular complexity index is 470. The predicted molar refractivity (Wildman–Crippen MR) is 71.9 cm³/mol. The van der Waals surface area contributed by atoms with Crippen molar-refractivity contribution in [3.8, 4) is 6.07 Å². The second kappa shape index (κ2) is 6.16. The van der Waals surface area contributed by atoms with Gasteiger partial charge in [0.2, 0.25) is 0 Å². The topological polar surface area (TPSA) is 33.0 Å². The summed E-state index contributed by atoms with van der Waals surface area (Å²) in [4.78, 5) is 0. The van der Waals surface area contributed by atoms with E-state index in [4.69, 9.17) is 10.00 Å². The lowest BCUT2D eigenvalue weighted by Crippen LogP contribution is -2.26. The molecule has 0 saturated heterocycles. The van der Waals surface area contributed by atoms with Crippen LogP contribution in [0, 0.1) is 29.0 Å². The van der Waals surface area contributed by atoms with Crippen LogP contribution in [0.15, 0.2) is 18.2 Å². The van der Waals surface area contributed by atoms with Crippen LogP contribution >= 0.6 is 0 Å². The van der Waals surface area contributed by atoms with E-state index in [2.05, 4.69) is 13.8 Å². The molecule has 2 unspecified atom stereocenters. The smallest absolute Gasteiger partial charge is 0.146 e. The highest BCUT2D eigenvalue weighted by Crippen LogP contribution is 2.31. The average Bonchev–Trinajstić information content (AvgIpc) is 2.36. The van der Waals surface area contributed by atoms with Gasteiger partial charge in [-0.3, -0.25) is 0 Å². The van der Waals surface area contributed by atoms with Crippen molar-refractivity contribution < 1.29 is 9.13 Å². The molecule has 0 aliphatic heterocycles. The number of ether oxygens (including phenoxy) is 1. The summed E-state index contributed by atoms with van der Waals surface area (Å²) in [5.41, 5.74) is 0.566. The van der Waals surface area contributed by atoms with Crippen molar-refractivity contribution in [3.05, 3.63) is 35.1 Å². The second-order valence-corrected chi connectivity index (χ2v) is 5.74. The van der Waals surface area contributed by atoms with Crippen molar-refractivity contribution in [1.29, 1.82) is 5.26 Å². The van der Waals surface area contributed by atoms with Gasteiger partial charge in [-0.2, -0.15) is 5.26 Å². The standard InChI is InChI=1S/C16H20FNO/c1-11-6-12(2)8-15(7-11)19-10-14-5-3-4-13(9-18)16(14)17/h3-5,11-12,15H,6-8,10H2,1-2H3. The Labute approximate surface area is 114 Å². The summed E-state index contributed by atoms with van der Waals surface area (Å²) in [5.74, 6) is 0.898. The molecule has 1 fully saturated rings. The van der Waals surface area contributed by atoms with Crippen LogP contribution in [0.25, 0.3) is 0 Å². The first-order valence-electron chi connectivity index (χ1n) is 6.89. The van der Waals surface area contributed by atoms with Crippen molar-refractivity contribution in [1.82, 2.24) is 0 Å². The maximum Gasteiger partial charge on any atom is 0.146 e. The van der Waals surface area contributed by atoms with Gasteiger partial charge < -0.3 is 4.74 Å².